The Morgan fingerprint density at radius 3 is 2.90 bits per heavy atom. The molecule has 0 amide bonds. The van der Waals surface area contributed by atoms with Gasteiger partial charge in [0.25, 0.3) is 0 Å². The number of rotatable bonds is 4. The third kappa shape index (κ3) is 2.35. The lowest BCUT2D eigenvalue weighted by atomic mass is 10.0. The lowest BCUT2D eigenvalue weighted by Gasteiger charge is -2.16. The third-order valence-electron chi connectivity index (χ3n) is 3.37. The molecule has 0 fully saturated rings. The minimum atomic E-state index is -0.0156. The largest absolute Gasteiger partial charge is 0.507 e. The van der Waals surface area contributed by atoms with Gasteiger partial charge in [-0.25, -0.2) is 0 Å². The maximum Gasteiger partial charge on any atom is 0.213 e. The van der Waals surface area contributed by atoms with Crippen LogP contribution in [0.1, 0.15) is 24.4 Å². The van der Waals surface area contributed by atoms with E-state index in [4.69, 9.17) is 0 Å². The summed E-state index contributed by atoms with van der Waals surface area (Å²) >= 11 is 0. The van der Waals surface area contributed by atoms with Crippen molar-refractivity contribution in [3.8, 4) is 5.75 Å². The molecule has 3 rings (SSSR count). The second kappa shape index (κ2) is 5.30. The zero-order chi connectivity index (χ0) is 13.9. The predicted molar refractivity (Wildman–Crippen MR) is 75.2 cm³/mol. The van der Waals surface area contributed by atoms with Gasteiger partial charge in [-0.3, -0.25) is 0 Å². The number of benzene rings is 2. The number of nitrogens with one attached hydrogen (secondary N) is 1. The van der Waals surface area contributed by atoms with Crippen LogP contribution in [-0.4, -0.2) is 15.2 Å². The molecule has 0 aliphatic heterocycles. The van der Waals surface area contributed by atoms with Crippen molar-refractivity contribution in [3.05, 3.63) is 54.2 Å². The van der Waals surface area contributed by atoms with E-state index in [1.54, 1.807) is 0 Å². The van der Waals surface area contributed by atoms with E-state index in [0.29, 0.717) is 18.1 Å². The van der Waals surface area contributed by atoms with Crippen molar-refractivity contribution in [2.75, 3.05) is 0 Å². The van der Waals surface area contributed by atoms with E-state index in [2.05, 4.69) is 20.0 Å². The molecule has 2 aromatic carbocycles. The van der Waals surface area contributed by atoms with Gasteiger partial charge < -0.3 is 14.9 Å². The molecule has 2 N–H and O–H groups in total. The Morgan fingerprint density at radius 2 is 2.10 bits per heavy atom. The van der Waals surface area contributed by atoms with E-state index in [1.807, 2.05) is 43.3 Å². The van der Waals surface area contributed by atoms with Crippen LogP contribution in [0.3, 0.4) is 0 Å². The van der Waals surface area contributed by atoms with Gasteiger partial charge in [-0.1, -0.05) is 41.6 Å². The average molecular weight is 269 g/mol. The van der Waals surface area contributed by atoms with Gasteiger partial charge in [0.1, 0.15) is 5.75 Å². The van der Waals surface area contributed by atoms with Gasteiger partial charge in [-0.05, 0) is 12.3 Å². The highest BCUT2D eigenvalue weighted by Gasteiger charge is 2.13. The zero-order valence-corrected chi connectivity index (χ0v) is 11.1. The van der Waals surface area contributed by atoms with Crippen LogP contribution in [0.4, 0.5) is 0 Å². The fraction of sp³-hybridized carbons (Fsp3) is 0.200. The smallest absolute Gasteiger partial charge is 0.213 e. The number of nitrogens with zero attached hydrogens (tertiary/aromatic N) is 2. The van der Waals surface area contributed by atoms with Crippen molar-refractivity contribution in [1.82, 2.24) is 15.5 Å². The SMILES string of the molecule is CC(NCc1ncon1)c1ccc2ccccc2c1O. The number of phenols is 1. The fourth-order valence-corrected chi connectivity index (χ4v) is 2.25. The molecule has 5 nitrogen and oxygen atoms in total. The summed E-state index contributed by atoms with van der Waals surface area (Å²) < 4.78 is 4.68. The first-order chi connectivity index (χ1) is 9.75. The summed E-state index contributed by atoms with van der Waals surface area (Å²) in [6.45, 7) is 2.48. The Kier molecular flexibility index (Phi) is 3.35. The van der Waals surface area contributed by atoms with Gasteiger partial charge in [0.2, 0.25) is 6.39 Å². The summed E-state index contributed by atoms with van der Waals surface area (Å²) in [6.07, 6.45) is 1.30. The van der Waals surface area contributed by atoms with Gasteiger partial charge >= 0.3 is 0 Å². The third-order valence-corrected chi connectivity index (χ3v) is 3.37. The minimum absolute atomic E-state index is 0.0156. The predicted octanol–water partition coefficient (Wildman–Crippen LogP) is 2.78. The van der Waals surface area contributed by atoms with Crippen LogP contribution in [0.15, 0.2) is 47.3 Å². The molecule has 0 radical (unpaired) electrons. The van der Waals surface area contributed by atoms with Crippen LogP contribution in [-0.2, 0) is 6.54 Å². The van der Waals surface area contributed by atoms with Crippen LogP contribution >= 0.6 is 0 Å². The van der Waals surface area contributed by atoms with Crippen LogP contribution in [0.5, 0.6) is 5.75 Å². The van der Waals surface area contributed by atoms with Gasteiger partial charge in [0.15, 0.2) is 5.82 Å². The van der Waals surface area contributed by atoms with Crippen LogP contribution in [0.2, 0.25) is 0 Å². The average Bonchev–Trinajstić information content (AvgIpc) is 2.99. The number of phenolic OH excluding ortho intramolecular Hbond substituents is 1. The molecule has 20 heavy (non-hydrogen) atoms. The summed E-state index contributed by atoms with van der Waals surface area (Å²) in [5.74, 6) is 0.911. The molecule has 1 atom stereocenters. The van der Waals surface area contributed by atoms with E-state index in [9.17, 15) is 5.11 Å². The summed E-state index contributed by atoms with van der Waals surface area (Å²) in [5.41, 5.74) is 0.854. The number of aromatic hydroxyl groups is 1. The highest BCUT2D eigenvalue weighted by atomic mass is 16.5. The minimum Gasteiger partial charge on any atom is -0.507 e. The summed E-state index contributed by atoms with van der Waals surface area (Å²) in [7, 11) is 0. The number of hydrogen-bond acceptors (Lipinski definition) is 5. The summed E-state index contributed by atoms with van der Waals surface area (Å²) in [6, 6.07) is 11.7. The highest BCUT2D eigenvalue weighted by molar-refractivity contribution is 5.89. The molecule has 0 bridgehead atoms. The second-order valence-electron chi connectivity index (χ2n) is 4.67. The molecular formula is C15H15N3O2. The monoisotopic (exact) mass is 269 g/mol. The molecule has 3 aromatic rings. The first-order valence-corrected chi connectivity index (χ1v) is 6.45. The highest BCUT2D eigenvalue weighted by Crippen LogP contribution is 2.32. The fourth-order valence-electron chi connectivity index (χ4n) is 2.25. The summed E-state index contributed by atoms with van der Waals surface area (Å²) in [5, 5.41) is 19.3. The van der Waals surface area contributed by atoms with E-state index >= 15 is 0 Å². The number of aromatic nitrogens is 2. The molecule has 0 saturated carbocycles. The van der Waals surface area contributed by atoms with Gasteiger partial charge in [-0.15, -0.1) is 0 Å². The van der Waals surface area contributed by atoms with E-state index in [-0.39, 0.29) is 6.04 Å². The van der Waals surface area contributed by atoms with Crippen LogP contribution in [0, 0.1) is 0 Å². The Bertz CT molecular complexity index is 710. The van der Waals surface area contributed by atoms with Crippen molar-refractivity contribution in [3.63, 3.8) is 0 Å². The van der Waals surface area contributed by atoms with Gasteiger partial charge in [0.05, 0.1) is 6.54 Å². The van der Waals surface area contributed by atoms with Gasteiger partial charge in [0, 0.05) is 17.0 Å². The standard InChI is InChI=1S/C15H15N3O2/c1-10(16-8-14-17-9-20-18-14)12-7-6-11-4-2-3-5-13(11)15(12)19/h2-7,9-10,16,19H,8H2,1H3. The Labute approximate surface area is 116 Å². The lowest BCUT2D eigenvalue weighted by molar-refractivity contribution is 0.404. The van der Waals surface area contributed by atoms with Crippen molar-refractivity contribution in [1.29, 1.82) is 0 Å². The molecule has 0 aliphatic carbocycles. The van der Waals surface area contributed by atoms with Crippen molar-refractivity contribution >= 4 is 10.8 Å². The van der Waals surface area contributed by atoms with Crippen molar-refractivity contribution in [2.45, 2.75) is 19.5 Å². The molecule has 1 unspecified atom stereocenters. The zero-order valence-electron chi connectivity index (χ0n) is 11.1. The molecule has 0 spiro atoms. The maximum absolute atomic E-state index is 10.4. The van der Waals surface area contributed by atoms with E-state index < -0.39 is 0 Å². The Morgan fingerprint density at radius 1 is 1.25 bits per heavy atom. The van der Waals surface area contributed by atoms with E-state index in [0.717, 1.165) is 16.3 Å². The Balaban J connectivity index is 1.84. The van der Waals surface area contributed by atoms with Crippen LogP contribution < -0.4 is 5.32 Å². The first-order valence-electron chi connectivity index (χ1n) is 6.45. The topological polar surface area (TPSA) is 71.2 Å². The number of fused-ring (bicyclic) bond motifs is 1. The van der Waals surface area contributed by atoms with E-state index in [1.165, 1.54) is 6.39 Å². The Hall–Kier alpha value is -2.40. The normalized spacial score (nSPS) is 12.7. The van der Waals surface area contributed by atoms with Crippen molar-refractivity contribution < 1.29 is 9.63 Å². The summed E-state index contributed by atoms with van der Waals surface area (Å²) in [4.78, 5) is 3.95. The van der Waals surface area contributed by atoms with Crippen molar-refractivity contribution in [2.24, 2.45) is 0 Å². The molecule has 5 heteroatoms. The molecule has 102 valence electrons. The molecular weight excluding hydrogens is 254 g/mol. The maximum atomic E-state index is 10.4. The first kappa shape index (κ1) is 12.6. The number of hydrogen-bond donors (Lipinski definition) is 2. The lowest BCUT2D eigenvalue weighted by Crippen LogP contribution is -2.19. The molecule has 0 saturated heterocycles. The molecule has 1 heterocycles. The molecule has 0 aliphatic rings. The van der Waals surface area contributed by atoms with Gasteiger partial charge in [-0.2, -0.15) is 4.98 Å². The molecule has 1 aromatic heterocycles. The quantitative estimate of drug-likeness (QED) is 0.762. The second-order valence-corrected chi connectivity index (χ2v) is 4.67. The van der Waals surface area contributed by atoms with Crippen LogP contribution in [0.25, 0.3) is 10.8 Å².